The van der Waals surface area contributed by atoms with E-state index in [9.17, 15) is 0 Å². The lowest BCUT2D eigenvalue weighted by atomic mass is 10.0. The largest absolute Gasteiger partial charge is 0.375 e. The van der Waals surface area contributed by atoms with E-state index in [1.54, 1.807) is 0 Å². The van der Waals surface area contributed by atoms with Crippen molar-refractivity contribution in [2.24, 2.45) is 0 Å². The van der Waals surface area contributed by atoms with Crippen LogP contribution in [-0.2, 0) is 4.74 Å². The summed E-state index contributed by atoms with van der Waals surface area (Å²) in [6.45, 7) is 9.29. The van der Waals surface area contributed by atoms with Crippen LogP contribution >= 0.6 is 0 Å². The highest BCUT2D eigenvalue weighted by atomic mass is 16.5. The molecule has 0 aromatic carbocycles. The Morgan fingerprint density at radius 1 is 0.244 bits per heavy atom. The van der Waals surface area contributed by atoms with Crippen LogP contribution in [0.1, 0.15) is 246 Å². The number of rotatable bonds is 36. The molecule has 248 valence electrons. The molecule has 0 aliphatic rings. The smallest absolute Gasteiger partial charge is 0.0578 e. The van der Waals surface area contributed by atoms with Crippen LogP contribution in [0.3, 0.4) is 0 Å². The van der Waals surface area contributed by atoms with Crippen LogP contribution in [0, 0.1) is 0 Å². The summed E-state index contributed by atoms with van der Waals surface area (Å²) >= 11 is 0. The molecule has 2 atom stereocenters. The van der Waals surface area contributed by atoms with Gasteiger partial charge in [-0.2, -0.15) is 0 Å². The fourth-order valence-electron chi connectivity index (χ4n) is 6.61. The summed E-state index contributed by atoms with van der Waals surface area (Å²) in [5.41, 5.74) is 0. The quantitative estimate of drug-likeness (QED) is 0.0672. The van der Waals surface area contributed by atoms with Gasteiger partial charge in [-0.1, -0.05) is 220 Å². The number of hydrogen-bond donors (Lipinski definition) is 0. The van der Waals surface area contributed by atoms with Gasteiger partial charge in [0.1, 0.15) is 0 Å². The van der Waals surface area contributed by atoms with Crippen molar-refractivity contribution in [3.8, 4) is 0 Å². The predicted octanol–water partition coefficient (Wildman–Crippen LogP) is 15.1. The molecular weight excluding hydrogens is 496 g/mol. The second kappa shape index (κ2) is 36.2. The van der Waals surface area contributed by atoms with Crippen LogP contribution in [0.15, 0.2) is 0 Å². The standard InChI is InChI=1S/C40H82O/c1-5-9-11-13-15-17-19-21-23-25-27-29-31-33-37-39(35-7-3)41-40(36-8-4)38-34-32-30-28-26-24-22-20-18-16-14-12-10-6-2/h39-40H,5-38H2,1-4H3. The first-order valence-electron chi connectivity index (χ1n) is 19.9. The van der Waals surface area contributed by atoms with E-state index in [1.165, 1.54) is 218 Å². The zero-order chi connectivity index (χ0) is 29.9. The zero-order valence-corrected chi connectivity index (χ0v) is 29.6. The van der Waals surface area contributed by atoms with Crippen molar-refractivity contribution >= 4 is 0 Å². The van der Waals surface area contributed by atoms with Gasteiger partial charge in [-0.05, 0) is 25.7 Å². The van der Waals surface area contributed by atoms with Crippen molar-refractivity contribution in [2.45, 2.75) is 258 Å². The summed E-state index contributed by atoms with van der Waals surface area (Å²) in [6, 6.07) is 0. The monoisotopic (exact) mass is 579 g/mol. The minimum atomic E-state index is 0.514. The highest BCUT2D eigenvalue weighted by Gasteiger charge is 2.15. The SMILES string of the molecule is CCCCCCCCCCCCCCCCC(CCC)OC(CCC)CCCCCCCCCCCCCCCC. The zero-order valence-electron chi connectivity index (χ0n) is 29.6. The first kappa shape index (κ1) is 41.0. The van der Waals surface area contributed by atoms with E-state index in [-0.39, 0.29) is 0 Å². The van der Waals surface area contributed by atoms with Crippen LogP contribution in [0.2, 0.25) is 0 Å². The summed E-state index contributed by atoms with van der Waals surface area (Å²) in [5.74, 6) is 0. The first-order valence-corrected chi connectivity index (χ1v) is 19.9. The van der Waals surface area contributed by atoms with Gasteiger partial charge in [-0.3, -0.25) is 0 Å². The molecule has 0 heterocycles. The highest BCUT2D eigenvalue weighted by molar-refractivity contribution is 4.65. The molecule has 0 aliphatic carbocycles. The fraction of sp³-hybridized carbons (Fsp3) is 1.00. The Labute approximate surface area is 262 Å². The minimum absolute atomic E-state index is 0.514. The lowest BCUT2D eigenvalue weighted by Crippen LogP contribution is -2.22. The Kier molecular flexibility index (Phi) is 36.1. The van der Waals surface area contributed by atoms with Crippen LogP contribution in [0.4, 0.5) is 0 Å². The second-order valence-electron chi connectivity index (χ2n) is 13.7. The number of ether oxygens (including phenoxy) is 1. The maximum absolute atomic E-state index is 6.76. The molecule has 0 aromatic heterocycles. The Hall–Kier alpha value is -0.0400. The molecule has 2 unspecified atom stereocenters. The highest BCUT2D eigenvalue weighted by Crippen LogP contribution is 2.22. The average Bonchev–Trinajstić information content (AvgIpc) is 2.97. The van der Waals surface area contributed by atoms with E-state index < -0.39 is 0 Å². The lowest BCUT2D eigenvalue weighted by molar-refractivity contribution is -0.0308. The molecule has 0 radical (unpaired) electrons. The van der Waals surface area contributed by atoms with Gasteiger partial charge >= 0.3 is 0 Å². The molecule has 0 bridgehead atoms. The van der Waals surface area contributed by atoms with Gasteiger partial charge in [0.15, 0.2) is 0 Å². The summed E-state index contributed by atoms with van der Waals surface area (Å²) in [7, 11) is 0. The molecule has 0 rings (SSSR count). The van der Waals surface area contributed by atoms with Crippen LogP contribution < -0.4 is 0 Å². The van der Waals surface area contributed by atoms with Gasteiger partial charge in [0.25, 0.3) is 0 Å². The van der Waals surface area contributed by atoms with E-state index >= 15 is 0 Å². The van der Waals surface area contributed by atoms with Gasteiger partial charge in [-0.15, -0.1) is 0 Å². The van der Waals surface area contributed by atoms with E-state index in [4.69, 9.17) is 4.74 Å². The topological polar surface area (TPSA) is 9.23 Å². The van der Waals surface area contributed by atoms with Crippen LogP contribution in [0.5, 0.6) is 0 Å². The Bertz CT molecular complexity index is 406. The Morgan fingerprint density at radius 3 is 0.683 bits per heavy atom. The third kappa shape index (κ3) is 32.7. The first-order chi connectivity index (χ1) is 20.3. The lowest BCUT2D eigenvalue weighted by Gasteiger charge is -2.25. The normalized spacial score (nSPS) is 13.2. The molecule has 0 saturated heterocycles. The van der Waals surface area contributed by atoms with Crippen molar-refractivity contribution in [1.29, 1.82) is 0 Å². The van der Waals surface area contributed by atoms with E-state index in [2.05, 4.69) is 27.7 Å². The summed E-state index contributed by atoms with van der Waals surface area (Å²) < 4.78 is 6.76. The molecule has 0 amide bonds. The number of hydrogen-bond acceptors (Lipinski definition) is 1. The van der Waals surface area contributed by atoms with Crippen molar-refractivity contribution in [2.75, 3.05) is 0 Å². The Balaban J connectivity index is 3.73. The Morgan fingerprint density at radius 2 is 0.463 bits per heavy atom. The molecular formula is C40H82O. The molecule has 0 N–H and O–H groups in total. The average molecular weight is 579 g/mol. The van der Waals surface area contributed by atoms with Crippen molar-refractivity contribution in [3.63, 3.8) is 0 Å². The molecule has 0 aromatic rings. The third-order valence-electron chi connectivity index (χ3n) is 9.37. The fourth-order valence-corrected chi connectivity index (χ4v) is 6.61. The maximum Gasteiger partial charge on any atom is 0.0578 e. The minimum Gasteiger partial charge on any atom is -0.375 e. The maximum atomic E-state index is 6.76. The van der Waals surface area contributed by atoms with Gasteiger partial charge in [0, 0.05) is 0 Å². The molecule has 0 saturated carbocycles. The summed E-state index contributed by atoms with van der Waals surface area (Å²) in [4.78, 5) is 0. The molecule has 1 heteroatoms. The van der Waals surface area contributed by atoms with Crippen molar-refractivity contribution in [1.82, 2.24) is 0 Å². The van der Waals surface area contributed by atoms with Crippen molar-refractivity contribution in [3.05, 3.63) is 0 Å². The predicted molar refractivity (Wildman–Crippen MR) is 188 cm³/mol. The second-order valence-corrected chi connectivity index (χ2v) is 13.7. The van der Waals surface area contributed by atoms with Gasteiger partial charge in [0.2, 0.25) is 0 Å². The summed E-state index contributed by atoms with van der Waals surface area (Å²) in [5, 5.41) is 0. The number of unbranched alkanes of at least 4 members (excludes halogenated alkanes) is 26. The molecule has 0 fully saturated rings. The van der Waals surface area contributed by atoms with Crippen LogP contribution in [-0.4, -0.2) is 12.2 Å². The van der Waals surface area contributed by atoms with E-state index in [0.717, 1.165) is 0 Å². The van der Waals surface area contributed by atoms with Crippen molar-refractivity contribution < 1.29 is 4.74 Å². The van der Waals surface area contributed by atoms with Gasteiger partial charge in [0.05, 0.1) is 12.2 Å². The van der Waals surface area contributed by atoms with Crippen LogP contribution in [0.25, 0.3) is 0 Å². The summed E-state index contributed by atoms with van der Waals surface area (Å²) in [6.07, 6.45) is 49.1. The van der Waals surface area contributed by atoms with E-state index in [0.29, 0.717) is 12.2 Å². The molecule has 41 heavy (non-hydrogen) atoms. The molecule has 0 spiro atoms. The van der Waals surface area contributed by atoms with Gasteiger partial charge < -0.3 is 4.74 Å². The molecule has 1 nitrogen and oxygen atoms in total. The third-order valence-corrected chi connectivity index (χ3v) is 9.37. The molecule has 0 aliphatic heterocycles. The van der Waals surface area contributed by atoms with E-state index in [1.807, 2.05) is 0 Å². The van der Waals surface area contributed by atoms with Gasteiger partial charge in [-0.25, -0.2) is 0 Å².